The Labute approximate surface area is 162 Å². The first kappa shape index (κ1) is 18.9. The molecule has 0 saturated heterocycles. The molecule has 1 aliphatic heterocycles. The number of rotatable bonds is 2. The summed E-state index contributed by atoms with van der Waals surface area (Å²) in [7, 11) is -4.06. The largest absolute Gasteiger partial charge is 0.490 e. The molecule has 7 heteroatoms. The standard InChI is InChI=1S/C19H20BrNO4S/c1-12(2)16-11-25-17-10-14(20)8-9-18(17)26(23,24)21(16)19(22)15-7-5-4-6-13(15)3/h4-10,12,16H,11H2,1-3H3/t16-/m1/s1. The molecule has 3 rings (SSSR count). The molecule has 2 aromatic rings. The van der Waals surface area contributed by atoms with Crippen molar-refractivity contribution in [1.82, 2.24) is 4.31 Å². The summed E-state index contributed by atoms with van der Waals surface area (Å²) in [5.41, 5.74) is 1.11. The van der Waals surface area contributed by atoms with Gasteiger partial charge in [0, 0.05) is 10.0 Å². The molecular weight excluding hydrogens is 418 g/mol. The Bertz CT molecular complexity index is 956. The van der Waals surface area contributed by atoms with E-state index < -0.39 is 22.0 Å². The van der Waals surface area contributed by atoms with E-state index in [9.17, 15) is 13.2 Å². The van der Waals surface area contributed by atoms with E-state index >= 15 is 0 Å². The number of carbonyl (C=O) groups is 1. The number of fused-ring (bicyclic) bond motifs is 1. The van der Waals surface area contributed by atoms with E-state index in [1.54, 1.807) is 37.3 Å². The fraction of sp³-hybridized carbons (Fsp3) is 0.316. The highest BCUT2D eigenvalue weighted by Crippen LogP contribution is 2.36. The number of hydrogen-bond donors (Lipinski definition) is 0. The number of halogens is 1. The summed E-state index contributed by atoms with van der Waals surface area (Å²) in [6.45, 7) is 5.67. The van der Waals surface area contributed by atoms with Crippen LogP contribution in [0.5, 0.6) is 5.75 Å². The summed E-state index contributed by atoms with van der Waals surface area (Å²) >= 11 is 3.33. The summed E-state index contributed by atoms with van der Waals surface area (Å²) in [6.07, 6.45) is 0. The molecule has 0 aromatic heterocycles. The van der Waals surface area contributed by atoms with Crippen molar-refractivity contribution in [3.8, 4) is 5.75 Å². The Morgan fingerprint density at radius 1 is 1.23 bits per heavy atom. The van der Waals surface area contributed by atoms with E-state index in [2.05, 4.69) is 15.9 Å². The molecule has 26 heavy (non-hydrogen) atoms. The van der Waals surface area contributed by atoms with Crippen molar-refractivity contribution < 1.29 is 17.9 Å². The predicted molar refractivity (Wildman–Crippen MR) is 103 cm³/mol. The third-order valence-corrected chi connectivity index (χ3v) is 6.84. The fourth-order valence-electron chi connectivity index (χ4n) is 2.99. The van der Waals surface area contributed by atoms with Crippen LogP contribution < -0.4 is 4.74 Å². The van der Waals surface area contributed by atoms with E-state index in [0.29, 0.717) is 10.0 Å². The second-order valence-electron chi connectivity index (χ2n) is 6.63. The van der Waals surface area contributed by atoms with Gasteiger partial charge in [0.05, 0.1) is 6.04 Å². The zero-order valence-electron chi connectivity index (χ0n) is 14.8. The van der Waals surface area contributed by atoms with Crippen LogP contribution in [0.2, 0.25) is 0 Å². The molecule has 1 atom stereocenters. The molecule has 5 nitrogen and oxygen atoms in total. The second-order valence-corrected chi connectivity index (χ2v) is 9.33. The van der Waals surface area contributed by atoms with Gasteiger partial charge in [-0.1, -0.05) is 48.0 Å². The first-order valence-electron chi connectivity index (χ1n) is 8.30. The summed E-state index contributed by atoms with van der Waals surface area (Å²) in [5.74, 6) is -0.373. The Balaban J connectivity index is 2.20. The molecule has 0 radical (unpaired) electrons. The smallest absolute Gasteiger partial charge is 0.270 e. The van der Waals surface area contributed by atoms with Crippen LogP contribution in [0.15, 0.2) is 51.8 Å². The summed E-state index contributed by atoms with van der Waals surface area (Å²) in [5, 5.41) is 0. The van der Waals surface area contributed by atoms with Gasteiger partial charge in [0.15, 0.2) is 0 Å². The Morgan fingerprint density at radius 3 is 2.58 bits per heavy atom. The van der Waals surface area contributed by atoms with Crippen LogP contribution in [-0.4, -0.2) is 31.3 Å². The molecule has 1 heterocycles. The summed E-state index contributed by atoms with van der Waals surface area (Å²) in [6, 6.07) is 11.1. The van der Waals surface area contributed by atoms with E-state index in [1.165, 1.54) is 6.07 Å². The van der Waals surface area contributed by atoms with Crippen molar-refractivity contribution in [3.63, 3.8) is 0 Å². The minimum atomic E-state index is -4.06. The molecular formula is C19H20BrNO4S. The first-order valence-corrected chi connectivity index (χ1v) is 10.5. The quantitative estimate of drug-likeness (QED) is 0.711. The van der Waals surface area contributed by atoms with E-state index in [4.69, 9.17) is 4.74 Å². The fourth-order valence-corrected chi connectivity index (χ4v) is 5.13. The van der Waals surface area contributed by atoms with Crippen LogP contribution in [0.1, 0.15) is 29.8 Å². The van der Waals surface area contributed by atoms with Crippen LogP contribution in [0.25, 0.3) is 0 Å². The molecule has 0 unspecified atom stereocenters. The highest BCUT2D eigenvalue weighted by molar-refractivity contribution is 9.10. The SMILES string of the molecule is Cc1ccccc1C(=O)N1[C@@H](C(C)C)COc2cc(Br)ccc2S1(=O)=O. The van der Waals surface area contributed by atoms with Crippen molar-refractivity contribution in [1.29, 1.82) is 0 Å². The molecule has 0 bridgehead atoms. The lowest BCUT2D eigenvalue weighted by atomic mass is 10.0. The van der Waals surface area contributed by atoms with Crippen molar-refractivity contribution in [2.75, 3.05) is 6.61 Å². The number of ether oxygens (including phenoxy) is 1. The van der Waals surface area contributed by atoms with Gasteiger partial charge in [0.1, 0.15) is 17.3 Å². The summed E-state index contributed by atoms with van der Waals surface area (Å²) in [4.78, 5) is 13.3. The number of aryl methyl sites for hydroxylation is 1. The Hall–Kier alpha value is -1.86. The minimum absolute atomic E-state index is 0.00536. The minimum Gasteiger partial charge on any atom is -0.490 e. The van der Waals surface area contributed by atoms with Crippen molar-refractivity contribution in [2.24, 2.45) is 5.92 Å². The average Bonchev–Trinajstić information content (AvgIpc) is 2.68. The monoisotopic (exact) mass is 437 g/mol. The van der Waals surface area contributed by atoms with Gasteiger partial charge in [-0.2, -0.15) is 0 Å². The van der Waals surface area contributed by atoms with Crippen LogP contribution in [0.4, 0.5) is 0 Å². The topological polar surface area (TPSA) is 63.7 Å². The lowest BCUT2D eigenvalue weighted by Crippen LogP contribution is -2.48. The number of amides is 1. The number of nitrogens with zero attached hydrogens (tertiary/aromatic N) is 1. The maximum atomic E-state index is 13.4. The van der Waals surface area contributed by atoms with Gasteiger partial charge < -0.3 is 4.74 Å². The van der Waals surface area contributed by atoms with Crippen LogP contribution in [0, 0.1) is 12.8 Å². The van der Waals surface area contributed by atoms with Crippen LogP contribution in [0.3, 0.4) is 0 Å². The maximum absolute atomic E-state index is 13.4. The average molecular weight is 438 g/mol. The van der Waals surface area contributed by atoms with Crippen molar-refractivity contribution >= 4 is 31.9 Å². The van der Waals surface area contributed by atoms with Gasteiger partial charge in [0.25, 0.3) is 15.9 Å². The number of hydrogen-bond acceptors (Lipinski definition) is 4. The Morgan fingerprint density at radius 2 is 1.92 bits per heavy atom. The zero-order valence-corrected chi connectivity index (χ0v) is 17.2. The molecule has 0 N–H and O–H groups in total. The number of sulfonamides is 1. The Kier molecular flexibility index (Phi) is 5.12. The van der Waals surface area contributed by atoms with Gasteiger partial charge >= 0.3 is 0 Å². The normalized spacial score (nSPS) is 18.8. The van der Waals surface area contributed by atoms with Crippen molar-refractivity contribution in [3.05, 3.63) is 58.1 Å². The lowest BCUT2D eigenvalue weighted by molar-refractivity contribution is 0.0751. The molecule has 0 saturated carbocycles. The maximum Gasteiger partial charge on any atom is 0.270 e. The third-order valence-electron chi connectivity index (χ3n) is 4.50. The highest BCUT2D eigenvalue weighted by Gasteiger charge is 2.42. The van der Waals surface area contributed by atoms with Gasteiger partial charge in [-0.25, -0.2) is 12.7 Å². The highest BCUT2D eigenvalue weighted by atomic mass is 79.9. The van der Waals surface area contributed by atoms with Gasteiger partial charge in [0.2, 0.25) is 0 Å². The molecule has 0 aliphatic carbocycles. The summed E-state index contributed by atoms with van der Waals surface area (Å²) < 4.78 is 34.3. The van der Waals surface area contributed by atoms with E-state index in [0.717, 1.165) is 9.87 Å². The molecule has 0 fully saturated rings. The third kappa shape index (κ3) is 3.25. The number of carbonyl (C=O) groups excluding carboxylic acids is 1. The van der Waals surface area contributed by atoms with Crippen molar-refractivity contribution in [2.45, 2.75) is 31.7 Å². The van der Waals surface area contributed by atoms with E-state index in [-0.39, 0.29) is 23.2 Å². The second kappa shape index (κ2) is 7.04. The van der Waals surface area contributed by atoms with Gasteiger partial charge in [-0.15, -0.1) is 0 Å². The van der Waals surface area contributed by atoms with Crippen LogP contribution >= 0.6 is 15.9 Å². The zero-order chi connectivity index (χ0) is 19.1. The number of benzene rings is 2. The first-order chi connectivity index (χ1) is 12.2. The van der Waals surface area contributed by atoms with Gasteiger partial charge in [-0.3, -0.25) is 4.79 Å². The van der Waals surface area contributed by atoms with Crippen LogP contribution in [-0.2, 0) is 10.0 Å². The predicted octanol–water partition coefficient (Wildman–Crippen LogP) is 4.01. The molecule has 1 aliphatic rings. The molecule has 0 spiro atoms. The molecule has 138 valence electrons. The van der Waals surface area contributed by atoms with E-state index in [1.807, 2.05) is 19.9 Å². The lowest BCUT2D eigenvalue weighted by Gasteiger charge is -2.31. The van der Waals surface area contributed by atoms with Gasteiger partial charge in [-0.05, 0) is 42.7 Å². The molecule has 1 amide bonds. The molecule has 2 aromatic carbocycles.